The molecule has 0 bridgehead atoms. The summed E-state index contributed by atoms with van der Waals surface area (Å²) >= 11 is 0. The minimum atomic E-state index is 0.992. The molecule has 0 unspecified atom stereocenters. The maximum Gasteiger partial charge on any atom is 0.0702 e. The van der Waals surface area contributed by atoms with Crippen molar-refractivity contribution in [1.29, 1.82) is 0 Å². The van der Waals surface area contributed by atoms with E-state index >= 15 is 0 Å². The summed E-state index contributed by atoms with van der Waals surface area (Å²) in [6.07, 6.45) is 1.93. The van der Waals surface area contributed by atoms with Crippen molar-refractivity contribution in [3.05, 3.63) is 133 Å². The first-order valence-corrected chi connectivity index (χ1v) is 13.1. The van der Waals surface area contributed by atoms with Crippen molar-refractivity contribution in [2.75, 3.05) is 0 Å². The molecule has 0 aliphatic heterocycles. The van der Waals surface area contributed by atoms with E-state index in [-0.39, 0.29) is 0 Å². The number of fused-ring (bicyclic) bond motifs is 10. The Labute approximate surface area is 220 Å². The van der Waals surface area contributed by atoms with E-state index in [0.717, 1.165) is 16.9 Å². The lowest BCUT2D eigenvalue weighted by Crippen LogP contribution is -1.95. The number of pyridine rings is 1. The van der Waals surface area contributed by atoms with E-state index < -0.39 is 0 Å². The molecule has 0 aliphatic carbocycles. The number of hydrogen-bond acceptors (Lipinski definition) is 1. The molecule has 2 aromatic heterocycles. The SMILES string of the molecule is Cc1ccc(-c2ccc(-n3c4ccc5ccccc5c4c4c5ccccc5c5ccccc5c43)cc2)nc1. The van der Waals surface area contributed by atoms with Crippen LogP contribution in [0.4, 0.5) is 0 Å². The molecule has 38 heavy (non-hydrogen) atoms. The average Bonchev–Trinajstić information content (AvgIpc) is 3.34. The fourth-order valence-electron chi connectivity index (χ4n) is 6.13. The van der Waals surface area contributed by atoms with Crippen LogP contribution in [-0.4, -0.2) is 9.55 Å². The molecule has 0 fully saturated rings. The zero-order chi connectivity index (χ0) is 25.2. The summed E-state index contributed by atoms with van der Waals surface area (Å²) in [5.41, 5.74) is 6.91. The van der Waals surface area contributed by atoms with Crippen molar-refractivity contribution in [2.45, 2.75) is 6.92 Å². The topological polar surface area (TPSA) is 17.8 Å². The third-order valence-corrected chi connectivity index (χ3v) is 7.86. The van der Waals surface area contributed by atoms with E-state index in [1.54, 1.807) is 0 Å². The number of aryl methyl sites for hydroxylation is 1. The number of rotatable bonds is 2. The summed E-state index contributed by atoms with van der Waals surface area (Å²) in [6.45, 7) is 2.07. The lowest BCUT2D eigenvalue weighted by Gasteiger charge is -2.12. The molecular formula is C36H24N2. The van der Waals surface area contributed by atoms with Crippen LogP contribution in [0.1, 0.15) is 5.56 Å². The third-order valence-electron chi connectivity index (χ3n) is 7.86. The van der Waals surface area contributed by atoms with E-state index in [1.807, 2.05) is 6.20 Å². The molecule has 8 rings (SSSR count). The first kappa shape index (κ1) is 21.2. The lowest BCUT2D eigenvalue weighted by molar-refractivity contribution is 1.19. The van der Waals surface area contributed by atoms with Crippen LogP contribution in [-0.2, 0) is 0 Å². The van der Waals surface area contributed by atoms with Gasteiger partial charge in [0.25, 0.3) is 0 Å². The highest BCUT2D eigenvalue weighted by Gasteiger charge is 2.20. The van der Waals surface area contributed by atoms with Gasteiger partial charge in [-0.15, -0.1) is 0 Å². The second kappa shape index (κ2) is 8.03. The molecule has 178 valence electrons. The van der Waals surface area contributed by atoms with E-state index in [1.165, 1.54) is 59.7 Å². The fraction of sp³-hybridized carbons (Fsp3) is 0.0278. The van der Waals surface area contributed by atoms with Crippen LogP contribution in [0.3, 0.4) is 0 Å². The Bertz CT molecular complexity index is 2170. The second-order valence-corrected chi connectivity index (χ2v) is 10.1. The van der Waals surface area contributed by atoms with Crippen molar-refractivity contribution in [3.63, 3.8) is 0 Å². The first-order valence-electron chi connectivity index (χ1n) is 13.1. The monoisotopic (exact) mass is 484 g/mol. The molecule has 0 saturated carbocycles. The van der Waals surface area contributed by atoms with E-state index in [2.05, 4.69) is 138 Å². The van der Waals surface area contributed by atoms with Crippen molar-refractivity contribution in [3.8, 4) is 16.9 Å². The summed E-state index contributed by atoms with van der Waals surface area (Å²) in [6, 6.07) is 44.0. The van der Waals surface area contributed by atoms with Gasteiger partial charge in [0.05, 0.1) is 16.7 Å². The first-order chi connectivity index (χ1) is 18.8. The molecule has 0 spiro atoms. The minimum absolute atomic E-state index is 0.992. The molecule has 0 radical (unpaired) electrons. The molecule has 0 amide bonds. The predicted octanol–water partition coefficient (Wildman–Crippen LogP) is 9.61. The van der Waals surface area contributed by atoms with Crippen LogP contribution in [0.5, 0.6) is 0 Å². The van der Waals surface area contributed by atoms with E-state index in [4.69, 9.17) is 0 Å². The largest absolute Gasteiger partial charge is 0.309 e. The van der Waals surface area contributed by atoms with Gasteiger partial charge in [-0.2, -0.15) is 0 Å². The van der Waals surface area contributed by atoms with Crippen LogP contribution in [0.2, 0.25) is 0 Å². The number of aromatic nitrogens is 2. The van der Waals surface area contributed by atoms with Gasteiger partial charge in [0.2, 0.25) is 0 Å². The molecule has 2 nitrogen and oxygen atoms in total. The third kappa shape index (κ3) is 2.98. The molecule has 0 aliphatic rings. The van der Waals surface area contributed by atoms with Gasteiger partial charge in [0.1, 0.15) is 0 Å². The van der Waals surface area contributed by atoms with Gasteiger partial charge in [0.15, 0.2) is 0 Å². The predicted molar refractivity (Wildman–Crippen MR) is 161 cm³/mol. The number of benzene rings is 6. The van der Waals surface area contributed by atoms with Crippen LogP contribution in [0.25, 0.3) is 71.1 Å². The quantitative estimate of drug-likeness (QED) is 0.223. The standard InChI is InChI=1S/C36H24N2/c1-23-14-20-32(37-22-23)25-15-18-26(19-16-25)38-33-21-17-24-8-2-3-9-27(24)34(33)35-30-12-6-4-10-28(30)29-11-5-7-13-31(29)36(35)38/h2-22H,1H3. The van der Waals surface area contributed by atoms with Crippen LogP contribution < -0.4 is 0 Å². The van der Waals surface area contributed by atoms with Gasteiger partial charge >= 0.3 is 0 Å². The van der Waals surface area contributed by atoms with Gasteiger partial charge in [-0.05, 0) is 63.7 Å². The van der Waals surface area contributed by atoms with Crippen LogP contribution in [0.15, 0.2) is 128 Å². The van der Waals surface area contributed by atoms with Crippen LogP contribution in [0, 0.1) is 6.92 Å². The Morgan fingerprint density at radius 3 is 1.92 bits per heavy atom. The Kier molecular flexibility index (Phi) is 4.47. The zero-order valence-electron chi connectivity index (χ0n) is 21.0. The Morgan fingerprint density at radius 1 is 0.526 bits per heavy atom. The molecule has 2 heteroatoms. The minimum Gasteiger partial charge on any atom is -0.309 e. The summed E-state index contributed by atoms with van der Waals surface area (Å²) in [5, 5.41) is 10.3. The molecular weight excluding hydrogens is 460 g/mol. The molecule has 2 heterocycles. The summed E-state index contributed by atoms with van der Waals surface area (Å²) < 4.78 is 2.46. The highest BCUT2D eigenvalue weighted by molar-refractivity contribution is 6.35. The van der Waals surface area contributed by atoms with Crippen molar-refractivity contribution < 1.29 is 0 Å². The Morgan fingerprint density at radius 2 is 1.18 bits per heavy atom. The highest BCUT2D eigenvalue weighted by atomic mass is 15.0. The highest BCUT2D eigenvalue weighted by Crippen LogP contribution is 2.44. The van der Waals surface area contributed by atoms with Gasteiger partial charge in [-0.3, -0.25) is 4.98 Å². The second-order valence-electron chi connectivity index (χ2n) is 10.1. The molecule has 6 aromatic carbocycles. The van der Waals surface area contributed by atoms with Crippen LogP contribution >= 0.6 is 0 Å². The van der Waals surface area contributed by atoms with Gasteiger partial charge in [0, 0.05) is 33.6 Å². The molecule has 0 saturated heterocycles. The van der Waals surface area contributed by atoms with Gasteiger partial charge < -0.3 is 4.57 Å². The molecule has 8 aromatic rings. The van der Waals surface area contributed by atoms with Gasteiger partial charge in [-0.25, -0.2) is 0 Å². The normalized spacial score (nSPS) is 11.8. The van der Waals surface area contributed by atoms with E-state index in [9.17, 15) is 0 Å². The van der Waals surface area contributed by atoms with E-state index in [0.29, 0.717) is 0 Å². The number of hydrogen-bond donors (Lipinski definition) is 0. The maximum atomic E-state index is 4.64. The smallest absolute Gasteiger partial charge is 0.0702 e. The van der Waals surface area contributed by atoms with Crippen molar-refractivity contribution in [2.24, 2.45) is 0 Å². The summed E-state index contributed by atoms with van der Waals surface area (Å²) in [7, 11) is 0. The Balaban J connectivity index is 1.54. The molecule has 0 N–H and O–H groups in total. The average molecular weight is 485 g/mol. The molecule has 0 atom stereocenters. The maximum absolute atomic E-state index is 4.64. The van der Waals surface area contributed by atoms with Gasteiger partial charge in [-0.1, -0.05) is 97.1 Å². The zero-order valence-corrected chi connectivity index (χ0v) is 21.0. The summed E-state index contributed by atoms with van der Waals surface area (Å²) in [4.78, 5) is 4.64. The van der Waals surface area contributed by atoms with Crippen molar-refractivity contribution in [1.82, 2.24) is 9.55 Å². The Hall–Kier alpha value is -4.95. The summed E-state index contributed by atoms with van der Waals surface area (Å²) in [5.74, 6) is 0. The fourth-order valence-corrected chi connectivity index (χ4v) is 6.13. The lowest BCUT2D eigenvalue weighted by atomic mass is 9.95. The van der Waals surface area contributed by atoms with Crippen molar-refractivity contribution >= 4 is 54.1 Å². The number of nitrogens with zero attached hydrogens (tertiary/aromatic N) is 2.